The second-order valence-corrected chi connectivity index (χ2v) is 3.60. The number of hydrogen-bond acceptors (Lipinski definition) is 2. The van der Waals surface area contributed by atoms with Gasteiger partial charge in [-0.3, -0.25) is 0 Å². The Morgan fingerprint density at radius 2 is 2.08 bits per heavy atom. The van der Waals surface area contributed by atoms with Gasteiger partial charge in [0.25, 0.3) is 0 Å². The van der Waals surface area contributed by atoms with Crippen LogP contribution >= 0.6 is 11.6 Å². The molecule has 13 heavy (non-hydrogen) atoms. The number of furan rings is 1. The summed E-state index contributed by atoms with van der Waals surface area (Å²) in [7, 11) is 0. The molecule has 74 valence electrons. The van der Waals surface area contributed by atoms with Crippen molar-refractivity contribution < 1.29 is 4.42 Å². The van der Waals surface area contributed by atoms with Crippen LogP contribution in [0.4, 0.5) is 0 Å². The van der Waals surface area contributed by atoms with Crippen LogP contribution in [-0.4, -0.2) is 0 Å². The summed E-state index contributed by atoms with van der Waals surface area (Å²) in [5.74, 6) is 0.482. The Balaban J connectivity index is 2.77. The Morgan fingerprint density at radius 1 is 1.46 bits per heavy atom. The highest BCUT2D eigenvalue weighted by atomic mass is 35.5. The zero-order valence-electron chi connectivity index (χ0n) is 8.09. The standard InChI is InChI=1S/C10H16ClNO/c1-3-7(4-2)9(12)8-5-6-13-10(8)11/h5-7,9H,3-4,12H2,1-2H3. The monoisotopic (exact) mass is 201 g/mol. The van der Waals surface area contributed by atoms with Gasteiger partial charge in [0.1, 0.15) is 0 Å². The fourth-order valence-corrected chi connectivity index (χ4v) is 1.83. The molecule has 0 saturated carbocycles. The van der Waals surface area contributed by atoms with E-state index in [1.165, 1.54) is 0 Å². The van der Waals surface area contributed by atoms with E-state index in [0.29, 0.717) is 11.1 Å². The van der Waals surface area contributed by atoms with Crippen LogP contribution in [0, 0.1) is 5.92 Å². The van der Waals surface area contributed by atoms with E-state index >= 15 is 0 Å². The van der Waals surface area contributed by atoms with Gasteiger partial charge in [0, 0.05) is 11.6 Å². The molecule has 1 rings (SSSR count). The summed E-state index contributed by atoms with van der Waals surface area (Å²) in [5.41, 5.74) is 6.99. The molecule has 2 nitrogen and oxygen atoms in total. The molecule has 0 spiro atoms. The lowest BCUT2D eigenvalue weighted by Gasteiger charge is -2.19. The van der Waals surface area contributed by atoms with Crippen LogP contribution in [-0.2, 0) is 0 Å². The van der Waals surface area contributed by atoms with Gasteiger partial charge in [-0.15, -0.1) is 0 Å². The largest absolute Gasteiger partial charge is 0.453 e. The smallest absolute Gasteiger partial charge is 0.197 e. The quantitative estimate of drug-likeness (QED) is 0.812. The number of rotatable bonds is 4. The maximum atomic E-state index is 6.06. The van der Waals surface area contributed by atoms with Crippen molar-refractivity contribution in [2.24, 2.45) is 11.7 Å². The van der Waals surface area contributed by atoms with Crippen molar-refractivity contribution in [3.8, 4) is 0 Å². The predicted molar refractivity (Wildman–Crippen MR) is 54.7 cm³/mol. The summed E-state index contributed by atoms with van der Waals surface area (Å²) in [6.07, 6.45) is 3.72. The summed E-state index contributed by atoms with van der Waals surface area (Å²) < 4.78 is 5.01. The number of nitrogens with two attached hydrogens (primary N) is 1. The van der Waals surface area contributed by atoms with Crippen LogP contribution in [0.1, 0.15) is 38.3 Å². The molecule has 0 fully saturated rings. The molecule has 0 aliphatic heterocycles. The van der Waals surface area contributed by atoms with Gasteiger partial charge >= 0.3 is 0 Å². The first-order chi connectivity index (χ1) is 6.20. The average molecular weight is 202 g/mol. The first kappa shape index (κ1) is 10.6. The van der Waals surface area contributed by atoms with Gasteiger partial charge in [0.2, 0.25) is 0 Å². The lowest BCUT2D eigenvalue weighted by atomic mass is 9.91. The van der Waals surface area contributed by atoms with Crippen molar-refractivity contribution in [2.75, 3.05) is 0 Å². The van der Waals surface area contributed by atoms with E-state index < -0.39 is 0 Å². The molecule has 0 aromatic carbocycles. The van der Waals surface area contributed by atoms with Crippen molar-refractivity contribution >= 4 is 11.6 Å². The third kappa shape index (κ3) is 2.26. The van der Waals surface area contributed by atoms with E-state index in [1.807, 2.05) is 6.07 Å². The Hall–Kier alpha value is -0.470. The van der Waals surface area contributed by atoms with E-state index in [2.05, 4.69) is 13.8 Å². The molecule has 1 aromatic heterocycles. The zero-order valence-corrected chi connectivity index (χ0v) is 8.84. The SMILES string of the molecule is CCC(CC)C(N)c1ccoc1Cl. The second kappa shape index (κ2) is 4.68. The minimum absolute atomic E-state index is 0.00116. The first-order valence-electron chi connectivity index (χ1n) is 4.69. The van der Waals surface area contributed by atoms with E-state index in [9.17, 15) is 0 Å². The fraction of sp³-hybridized carbons (Fsp3) is 0.600. The van der Waals surface area contributed by atoms with Crippen molar-refractivity contribution in [3.63, 3.8) is 0 Å². The molecular weight excluding hydrogens is 186 g/mol. The first-order valence-corrected chi connectivity index (χ1v) is 5.06. The molecule has 3 heteroatoms. The predicted octanol–water partition coefficient (Wildman–Crippen LogP) is 3.37. The minimum atomic E-state index is 0.00116. The van der Waals surface area contributed by atoms with Crippen LogP contribution in [0.3, 0.4) is 0 Å². The van der Waals surface area contributed by atoms with Gasteiger partial charge in [-0.05, 0) is 23.6 Å². The van der Waals surface area contributed by atoms with E-state index in [0.717, 1.165) is 18.4 Å². The van der Waals surface area contributed by atoms with Gasteiger partial charge in [0.05, 0.1) is 6.26 Å². The van der Waals surface area contributed by atoms with Crippen LogP contribution in [0.5, 0.6) is 0 Å². The van der Waals surface area contributed by atoms with Gasteiger partial charge in [-0.25, -0.2) is 0 Å². The Bertz CT molecular complexity index is 255. The van der Waals surface area contributed by atoms with Crippen molar-refractivity contribution in [2.45, 2.75) is 32.7 Å². The van der Waals surface area contributed by atoms with Gasteiger partial charge in [-0.2, -0.15) is 0 Å². The third-order valence-corrected chi connectivity index (χ3v) is 2.87. The fourth-order valence-electron chi connectivity index (χ4n) is 1.59. The third-order valence-electron chi connectivity index (χ3n) is 2.56. The number of hydrogen-bond donors (Lipinski definition) is 1. The molecule has 0 amide bonds. The van der Waals surface area contributed by atoms with Crippen LogP contribution in [0.2, 0.25) is 5.22 Å². The molecule has 0 aliphatic rings. The second-order valence-electron chi connectivity index (χ2n) is 3.25. The topological polar surface area (TPSA) is 39.2 Å². The molecule has 0 radical (unpaired) electrons. The lowest BCUT2D eigenvalue weighted by molar-refractivity contribution is 0.402. The highest BCUT2D eigenvalue weighted by Gasteiger charge is 2.19. The summed E-state index contributed by atoms with van der Waals surface area (Å²) in [6, 6.07) is 1.85. The molecule has 1 unspecified atom stereocenters. The summed E-state index contributed by atoms with van der Waals surface area (Å²) >= 11 is 5.85. The lowest BCUT2D eigenvalue weighted by Crippen LogP contribution is -2.20. The molecule has 0 bridgehead atoms. The maximum Gasteiger partial charge on any atom is 0.197 e. The molecule has 0 saturated heterocycles. The maximum absolute atomic E-state index is 6.06. The van der Waals surface area contributed by atoms with Crippen LogP contribution in [0.15, 0.2) is 16.7 Å². The summed E-state index contributed by atoms with van der Waals surface area (Å²) in [4.78, 5) is 0. The van der Waals surface area contributed by atoms with E-state index in [1.54, 1.807) is 6.26 Å². The Labute approximate surface area is 84.1 Å². The molecule has 1 heterocycles. The Kier molecular flexibility index (Phi) is 3.82. The molecule has 0 aliphatic carbocycles. The highest BCUT2D eigenvalue weighted by molar-refractivity contribution is 6.29. The normalized spacial score (nSPS) is 13.6. The summed E-state index contributed by atoms with van der Waals surface area (Å²) in [5, 5.41) is 0.430. The molecular formula is C10H16ClNO. The molecule has 1 atom stereocenters. The van der Waals surface area contributed by atoms with E-state index in [4.69, 9.17) is 21.8 Å². The minimum Gasteiger partial charge on any atom is -0.453 e. The van der Waals surface area contributed by atoms with Crippen LogP contribution < -0.4 is 5.73 Å². The average Bonchev–Trinajstić information content (AvgIpc) is 2.53. The Morgan fingerprint density at radius 3 is 2.46 bits per heavy atom. The van der Waals surface area contributed by atoms with Gasteiger partial charge in [0.15, 0.2) is 5.22 Å². The molecule has 2 N–H and O–H groups in total. The highest BCUT2D eigenvalue weighted by Crippen LogP contribution is 2.30. The molecule has 1 aromatic rings. The van der Waals surface area contributed by atoms with Gasteiger partial charge < -0.3 is 10.2 Å². The van der Waals surface area contributed by atoms with Crippen molar-refractivity contribution in [3.05, 3.63) is 23.1 Å². The van der Waals surface area contributed by atoms with E-state index in [-0.39, 0.29) is 6.04 Å². The number of halogens is 1. The summed E-state index contributed by atoms with van der Waals surface area (Å²) in [6.45, 7) is 4.28. The van der Waals surface area contributed by atoms with Crippen molar-refractivity contribution in [1.29, 1.82) is 0 Å². The van der Waals surface area contributed by atoms with Gasteiger partial charge in [-0.1, -0.05) is 26.7 Å². The van der Waals surface area contributed by atoms with Crippen molar-refractivity contribution in [1.82, 2.24) is 0 Å². The zero-order chi connectivity index (χ0) is 9.84. The van der Waals surface area contributed by atoms with Crippen LogP contribution in [0.25, 0.3) is 0 Å².